The number of H-pyrrole nitrogens is 1. The molecule has 2 aromatic rings. The Kier molecular flexibility index (Phi) is 5.30. The summed E-state index contributed by atoms with van der Waals surface area (Å²) in [6.45, 7) is 6.02. The Morgan fingerprint density at radius 2 is 2.07 bits per heavy atom. The topological polar surface area (TPSA) is 52.0 Å². The van der Waals surface area contributed by atoms with E-state index in [0.717, 1.165) is 68.9 Å². The van der Waals surface area contributed by atoms with Gasteiger partial charge in [0, 0.05) is 36.2 Å². The highest BCUT2D eigenvalue weighted by Gasteiger charge is 2.31. The van der Waals surface area contributed by atoms with Gasteiger partial charge in [-0.05, 0) is 31.0 Å². The van der Waals surface area contributed by atoms with Gasteiger partial charge in [-0.1, -0.05) is 24.6 Å². The Hall–Kier alpha value is -2.14. The van der Waals surface area contributed by atoms with Gasteiger partial charge in [0.1, 0.15) is 5.82 Å². The van der Waals surface area contributed by atoms with Gasteiger partial charge in [-0.15, -0.1) is 0 Å². The molecule has 6 heteroatoms. The van der Waals surface area contributed by atoms with Crippen LogP contribution < -0.4 is 10.5 Å². The van der Waals surface area contributed by atoms with Crippen molar-refractivity contribution in [2.75, 3.05) is 31.1 Å². The van der Waals surface area contributed by atoms with E-state index in [0.29, 0.717) is 10.9 Å². The van der Waals surface area contributed by atoms with Gasteiger partial charge in [0.15, 0.2) is 18.8 Å². The van der Waals surface area contributed by atoms with Crippen LogP contribution in [0.5, 0.6) is 0 Å². The van der Waals surface area contributed by atoms with Crippen molar-refractivity contribution in [3.8, 4) is 0 Å². The molecule has 1 saturated carbocycles. The van der Waals surface area contributed by atoms with Crippen LogP contribution >= 0.6 is 11.6 Å². The van der Waals surface area contributed by atoms with Gasteiger partial charge in [0.2, 0.25) is 0 Å². The molecule has 1 N–H and O–H groups in total. The Labute approximate surface area is 164 Å². The summed E-state index contributed by atoms with van der Waals surface area (Å²) in [6.07, 6.45) is 5.80. The number of aromatic amines is 1. The molecule has 3 heterocycles. The number of anilines is 1. The number of piperazine rings is 1. The molecule has 0 bridgehead atoms. The van der Waals surface area contributed by atoms with E-state index in [9.17, 15) is 4.79 Å². The Morgan fingerprint density at radius 3 is 2.74 bits per heavy atom. The molecule has 4 rings (SSSR count). The van der Waals surface area contributed by atoms with Crippen LogP contribution in [0.3, 0.4) is 0 Å². The summed E-state index contributed by atoms with van der Waals surface area (Å²) in [7, 11) is 0. The van der Waals surface area contributed by atoms with E-state index >= 15 is 0 Å². The molecule has 2 fully saturated rings. The van der Waals surface area contributed by atoms with Gasteiger partial charge in [-0.3, -0.25) is 4.79 Å². The molecule has 142 valence electrons. The lowest BCUT2D eigenvalue weighted by atomic mass is 10.0. The zero-order valence-electron chi connectivity index (χ0n) is 15.7. The average molecular weight is 386 g/mol. The van der Waals surface area contributed by atoms with E-state index in [1.807, 2.05) is 25.1 Å². The SMILES string of the molecule is CCc1ccc([C@@H]2CCC(=[N+]3CCN(c4ccc(Cl)cn4)CC3)C2)[nH]c1=O. The molecule has 1 saturated heterocycles. The van der Waals surface area contributed by atoms with Crippen LogP contribution in [-0.2, 0) is 6.42 Å². The first-order valence-electron chi connectivity index (χ1n) is 9.82. The van der Waals surface area contributed by atoms with E-state index in [1.165, 1.54) is 5.71 Å². The minimum absolute atomic E-state index is 0.0764. The number of aromatic nitrogens is 2. The van der Waals surface area contributed by atoms with Crippen molar-refractivity contribution in [1.82, 2.24) is 9.97 Å². The third-order valence-corrected chi connectivity index (χ3v) is 6.08. The average Bonchev–Trinajstić information content (AvgIpc) is 3.19. The molecule has 27 heavy (non-hydrogen) atoms. The first-order chi connectivity index (χ1) is 13.1. The van der Waals surface area contributed by atoms with Crippen LogP contribution in [0.2, 0.25) is 5.02 Å². The van der Waals surface area contributed by atoms with Crippen molar-refractivity contribution in [1.29, 1.82) is 0 Å². The maximum Gasteiger partial charge on any atom is 0.251 e. The fourth-order valence-corrected chi connectivity index (χ4v) is 4.34. The molecule has 0 amide bonds. The van der Waals surface area contributed by atoms with Crippen molar-refractivity contribution in [3.05, 3.63) is 57.1 Å². The van der Waals surface area contributed by atoms with E-state index in [-0.39, 0.29) is 5.56 Å². The minimum atomic E-state index is 0.0764. The highest BCUT2D eigenvalue weighted by Crippen LogP contribution is 2.31. The van der Waals surface area contributed by atoms with E-state index < -0.39 is 0 Å². The molecule has 1 aliphatic carbocycles. The normalized spacial score (nSPS) is 20.4. The lowest BCUT2D eigenvalue weighted by Crippen LogP contribution is -2.44. The fourth-order valence-electron chi connectivity index (χ4n) is 4.22. The number of rotatable bonds is 3. The molecule has 5 nitrogen and oxygen atoms in total. The number of aryl methyl sites for hydroxylation is 1. The summed E-state index contributed by atoms with van der Waals surface area (Å²) in [5.41, 5.74) is 3.57. The van der Waals surface area contributed by atoms with Crippen LogP contribution in [0, 0.1) is 0 Å². The molecule has 1 aliphatic heterocycles. The summed E-state index contributed by atoms with van der Waals surface area (Å²) in [4.78, 5) is 22.0. The molecular formula is C21H26ClN4O+. The lowest BCUT2D eigenvalue weighted by Gasteiger charge is -2.27. The second-order valence-corrected chi connectivity index (χ2v) is 7.87. The maximum absolute atomic E-state index is 12.1. The zero-order chi connectivity index (χ0) is 18.8. The van der Waals surface area contributed by atoms with Crippen molar-refractivity contribution >= 4 is 23.1 Å². The van der Waals surface area contributed by atoms with Crippen molar-refractivity contribution < 1.29 is 4.58 Å². The van der Waals surface area contributed by atoms with Gasteiger partial charge >= 0.3 is 0 Å². The largest absolute Gasteiger partial charge is 0.344 e. The van der Waals surface area contributed by atoms with Gasteiger partial charge in [-0.2, -0.15) is 0 Å². The zero-order valence-corrected chi connectivity index (χ0v) is 16.5. The predicted molar refractivity (Wildman–Crippen MR) is 109 cm³/mol. The monoisotopic (exact) mass is 385 g/mol. The van der Waals surface area contributed by atoms with E-state index in [4.69, 9.17) is 11.6 Å². The number of halogens is 1. The first-order valence-corrected chi connectivity index (χ1v) is 10.2. The molecule has 0 unspecified atom stereocenters. The molecule has 1 atom stereocenters. The molecule has 2 aliphatic rings. The van der Waals surface area contributed by atoms with E-state index in [2.05, 4.69) is 25.5 Å². The molecule has 0 radical (unpaired) electrons. The van der Waals surface area contributed by atoms with Crippen molar-refractivity contribution in [2.24, 2.45) is 0 Å². The predicted octanol–water partition coefficient (Wildman–Crippen LogP) is 3.23. The van der Waals surface area contributed by atoms with Crippen LogP contribution in [0.15, 0.2) is 35.3 Å². The number of hydrogen-bond donors (Lipinski definition) is 1. The van der Waals surface area contributed by atoms with Gasteiger partial charge in [0.25, 0.3) is 5.56 Å². The summed E-state index contributed by atoms with van der Waals surface area (Å²) >= 11 is 5.94. The summed E-state index contributed by atoms with van der Waals surface area (Å²) in [6, 6.07) is 7.99. The number of nitrogens with zero attached hydrogens (tertiary/aromatic N) is 3. The maximum atomic E-state index is 12.1. The lowest BCUT2D eigenvalue weighted by molar-refractivity contribution is -0.531. The standard InChI is InChI=1S/C21H25ClN4O/c1-2-15-4-7-19(24-21(15)27)16-3-6-18(13-16)25-9-11-26(12-10-25)20-8-5-17(22)14-23-20/h4-5,7-8,14,16H,2-3,6,9-13H2,1H3/p+1/t16-/m1/s1. The van der Waals surface area contributed by atoms with Gasteiger partial charge < -0.3 is 9.88 Å². The van der Waals surface area contributed by atoms with Gasteiger partial charge in [-0.25, -0.2) is 9.56 Å². The Balaban J connectivity index is 1.41. The van der Waals surface area contributed by atoms with Crippen LogP contribution in [0.4, 0.5) is 5.82 Å². The second kappa shape index (κ2) is 7.85. The fraction of sp³-hybridized carbons (Fsp3) is 0.476. The molecule has 0 aromatic carbocycles. The molecule has 2 aromatic heterocycles. The smallest absolute Gasteiger partial charge is 0.251 e. The Morgan fingerprint density at radius 1 is 1.26 bits per heavy atom. The molecule has 0 spiro atoms. The Bertz CT molecular complexity index is 893. The second-order valence-electron chi connectivity index (χ2n) is 7.44. The number of nitrogens with one attached hydrogen (secondary N) is 1. The van der Waals surface area contributed by atoms with Crippen molar-refractivity contribution in [2.45, 2.75) is 38.5 Å². The third-order valence-electron chi connectivity index (χ3n) is 5.86. The quantitative estimate of drug-likeness (QED) is 0.825. The summed E-state index contributed by atoms with van der Waals surface area (Å²) in [5, 5.41) is 0.676. The minimum Gasteiger partial charge on any atom is -0.344 e. The first kappa shape index (κ1) is 18.2. The summed E-state index contributed by atoms with van der Waals surface area (Å²) in [5.74, 6) is 1.44. The van der Waals surface area contributed by atoms with Crippen LogP contribution in [0.25, 0.3) is 0 Å². The molecular weight excluding hydrogens is 360 g/mol. The summed E-state index contributed by atoms with van der Waals surface area (Å²) < 4.78 is 2.53. The highest BCUT2D eigenvalue weighted by molar-refractivity contribution is 6.30. The van der Waals surface area contributed by atoms with Crippen molar-refractivity contribution in [3.63, 3.8) is 0 Å². The highest BCUT2D eigenvalue weighted by atomic mass is 35.5. The van der Waals surface area contributed by atoms with Gasteiger partial charge in [0.05, 0.1) is 18.1 Å². The number of pyridine rings is 2. The number of hydrogen-bond acceptors (Lipinski definition) is 3. The third kappa shape index (κ3) is 3.93. The van der Waals surface area contributed by atoms with Crippen LogP contribution in [0.1, 0.15) is 43.4 Å². The van der Waals surface area contributed by atoms with E-state index in [1.54, 1.807) is 6.20 Å². The van der Waals surface area contributed by atoms with Crippen LogP contribution in [-0.4, -0.2) is 46.4 Å².